The quantitative estimate of drug-likeness (QED) is 0.819. The SMILES string of the molecule is C=S1(=O)CC2(CCC(c3cc(NCCC)nc4n[nH]c(C)c34)CC2)C1. The normalized spacial score (nSPS) is 32.0. The molecular formula is C19H28N4OS. The molecular weight excluding hydrogens is 332 g/mol. The molecule has 0 unspecified atom stereocenters. The Morgan fingerprint density at radius 2 is 2.12 bits per heavy atom. The lowest BCUT2D eigenvalue weighted by molar-refractivity contribution is 0.215. The summed E-state index contributed by atoms with van der Waals surface area (Å²) < 4.78 is 12.1. The fraction of sp³-hybridized carbons (Fsp3) is 0.632. The van der Waals surface area contributed by atoms with Gasteiger partial charge < -0.3 is 5.32 Å². The Balaban J connectivity index is 1.61. The van der Waals surface area contributed by atoms with Crippen LogP contribution in [0.25, 0.3) is 11.0 Å². The Labute approximate surface area is 150 Å². The van der Waals surface area contributed by atoms with Crippen LogP contribution in [0.5, 0.6) is 0 Å². The number of aromatic nitrogens is 3. The number of hydrogen-bond donors (Lipinski definition) is 2. The number of H-pyrrole nitrogens is 1. The van der Waals surface area contributed by atoms with Crippen molar-refractivity contribution in [2.75, 3.05) is 23.4 Å². The molecule has 2 N–H and O–H groups in total. The molecule has 4 rings (SSSR count). The number of nitrogens with zero attached hydrogens (tertiary/aromatic N) is 2. The van der Waals surface area contributed by atoms with Crippen LogP contribution in [-0.2, 0) is 9.52 Å². The standard InChI is InChI=1S/C19H28N4OS/c1-4-9-20-16-10-15(17-13(2)22-23-18(17)21-16)14-5-7-19(8-6-14)11-25(3,24)12-19/h10,14H,3-9,11-12H2,1-2H3,(H2,20,21,22,23). The van der Waals surface area contributed by atoms with Crippen molar-refractivity contribution in [2.45, 2.75) is 51.9 Å². The minimum absolute atomic E-state index is 0.316. The van der Waals surface area contributed by atoms with Crippen LogP contribution in [0.3, 0.4) is 0 Å². The monoisotopic (exact) mass is 360 g/mol. The van der Waals surface area contributed by atoms with Crippen LogP contribution in [0.4, 0.5) is 5.82 Å². The first-order valence-electron chi connectivity index (χ1n) is 9.33. The fourth-order valence-corrected chi connectivity index (χ4v) is 7.50. The predicted molar refractivity (Wildman–Crippen MR) is 106 cm³/mol. The summed E-state index contributed by atoms with van der Waals surface area (Å²) in [6, 6.07) is 2.23. The molecule has 1 saturated carbocycles. The van der Waals surface area contributed by atoms with Crippen molar-refractivity contribution in [2.24, 2.45) is 5.41 Å². The summed E-state index contributed by atoms with van der Waals surface area (Å²) in [5.74, 6) is 7.04. The highest BCUT2D eigenvalue weighted by atomic mass is 32.2. The maximum Gasteiger partial charge on any atom is 0.183 e. The molecule has 0 aromatic carbocycles. The lowest BCUT2D eigenvalue weighted by Crippen LogP contribution is -2.50. The molecule has 25 heavy (non-hydrogen) atoms. The first kappa shape index (κ1) is 16.9. The van der Waals surface area contributed by atoms with E-state index in [4.69, 9.17) is 0 Å². The number of pyridine rings is 1. The molecule has 0 amide bonds. The third-order valence-electron chi connectivity index (χ3n) is 5.92. The molecule has 2 aromatic heterocycles. The van der Waals surface area contributed by atoms with E-state index in [1.165, 1.54) is 23.8 Å². The smallest absolute Gasteiger partial charge is 0.183 e. The summed E-state index contributed by atoms with van der Waals surface area (Å²) in [5.41, 5.74) is 3.61. The van der Waals surface area contributed by atoms with Gasteiger partial charge in [0, 0.05) is 29.1 Å². The minimum Gasteiger partial charge on any atom is -0.370 e. The van der Waals surface area contributed by atoms with Gasteiger partial charge in [0.2, 0.25) is 0 Å². The molecule has 1 saturated heterocycles. The van der Waals surface area contributed by atoms with Gasteiger partial charge in [-0.25, -0.2) is 4.98 Å². The van der Waals surface area contributed by atoms with Crippen molar-refractivity contribution in [1.82, 2.24) is 15.2 Å². The van der Waals surface area contributed by atoms with Crippen molar-refractivity contribution >= 4 is 32.2 Å². The van der Waals surface area contributed by atoms with E-state index in [0.29, 0.717) is 11.3 Å². The largest absolute Gasteiger partial charge is 0.370 e. The Bertz CT molecular complexity index is 878. The number of rotatable bonds is 4. The number of aryl methyl sites for hydroxylation is 1. The van der Waals surface area contributed by atoms with Gasteiger partial charge in [-0.1, -0.05) is 6.92 Å². The van der Waals surface area contributed by atoms with Crippen LogP contribution in [-0.4, -0.2) is 43.3 Å². The number of nitrogens with one attached hydrogen (secondary N) is 2. The van der Waals surface area contributed by atoms with Crippen LogP contribution in [0.15, 0.2) is 6.07 Å². The van der Waals surface area contributed by atoms with E-state index in [0.717, 1.165) is 54.5 Å². The molecule has 1 aliphatic carbocycles. The van der Waals surface area contributed by atoms with E-state index < -0.39 is 9.52 Å². The second-order valence-electron chi connectivity index (χ2n) is 8.10. The van der Waals surface area contributed by atoms with Crippen molar-refractivity contribution in [3.05, 3.63) is 17.3 Å². The van der Waals surface area contributed by atoms with Gasteiger partial charge in [0.25, 0.3) is 0 Å². The maximum absolute atomic E-state index is 12.1. The first-order valence-corrected chi connectivity index (χ1v) is 11.4. The lowest BCUT2D eigenvalue weighted by Gasteiger charge is -2.48. The van der Waals surface area contributed by atoms with Crippen LogP contribution in [0.1, 0.15) is 56.2 Å². The number of anilines is 1. The van der Waals surface area contributed by atoms with Gasteiger partial charge in [-0.15, -0.1) is 0 Å². The zero-order chi connectivity index (χ0) is 17.7. The summed E-state index contributed by atoms with van der Waals surface area (Å²) in [7, 11) is -1.76. The van der Waals surface area contributed by atoms with Gasteiger partial charge in [-0.2, -0.15) is 5.10 Å². The molecule has 0 bridgehead atoms. The van der Waals surface area contributed by atoms with Crippen LogP contribution >= 0.6 is 0 Å². The first-order chi connectivity index (χ1) is 11.9. The molecule has 136 valence electrons. The Morgan fingerprint density at radius 3 is 2.76 bits per heavy atom. The summed E-state index contributed by atoms with van der Waals surface area (Å²) in [5, 5.41) is 12.1. The molecule has 5 nitrogen and oxygen atoms in total. The molecule has 1 spiro atoms. The van der Waals surface area contributed by atoms with Crippen molar-refractivity contribution in [3.63, 3.8) is 0 Å². The lowest BCUT2D eigenvalue weighted by atomic mass is 9.70. The van der Waals surface area contributed by atoms with Gasteiger partial charge in [0.15, 0.2) is 5.65 Å². The number of aromatic amines is 1. The number of fused-ring (bicyclic) bond motifs is 1. The third-order valence-corrected chi connectivity index (χ3v) is 8.19. The van der Waals surface area contributed by atoms with E-state index in [2.05, 4.69) is 46.3 Å². The Hall–Kier alpha value is -1.56. The molecule has 0 radical (unpaired) electrons. The van der Waals surface area contributed by atoms with Crippen LogP contribution in [0, 0.1) is 12.3 Å². The summed E-state index contributed by atoms with van der Waals surface area (Å²) in [4.78, 5) is 4.66. The highest BCUT2D eigenvalue weighted by molar-refractivity contribution is 8.01. The van der Waals surface area contributed by atoms with Gasteiger partial charge in [-0.3, -0.25) is 9.31 Å². The zero-order valence-electron chi connectivity index (χ0n) is 15.2. The topological polar surface area (TPSA) is 70.7 Å². The average molecular weight is 361 g/mol. The zero-order valence-corrected chi connectivity index (χ0v) is 16.0. The summed E-state index contributed by atoms with van der Waals surface area (Å²) in [6.07, 6.45) is 5.73. The summed E-state index contributed by atoms with van der Waals surface area (Å²) in [6.45, 7) is 5.16. The molecule has 1 aliphatic heterocycles. The van der Waals surface area contributed by atoms with Gasteiger partial charge >= 0.3 is 0 Å². The van der Waals surface area contributed by atoms with Gasteiger partial charge in [0.1, 0.15) is 5.82 Å². The molecule has 2 aliphatic rings. The molecule has 2 aromatic rings. The molecule has 3 heterocycles. The fourth-order valence-electron chi connectivity index (χ4n) is 4.78. The van der Waals surface area contributed by atoms with E-state index in [9.17, 15) is 4.21 Å². The minimum atomic E-state index is -1.76. The van der Waals surface area contributed by atoms with Crippen molar-refractivity contribution < 1.29 is 4.21 Å². The van der Waals surface area contributed by atoms with E-state index in [1.54, 1.807) is 0 Å². The van der Waals surface area contributed by atoms with Crippen molar-refractivity contribution in [1.29, 1.82) is 0 Å². The van der Waals surface area contributed by atoms with E-state index in [1.807, 2.05) is 0 Å². The van der Waals surface area contributed by atoms with Gasteiger partial charge in [0.05, 0.1) is 0 Å². The average Bonchev–Trinajstić information content (AvgIpc) is 2.92. The van der Waals surface area contributed by atoms with Crippen LogP contribution < -0.4 is 5.32 Å². The maximum atomic E-state index is 12.1. The highest BCUT2D eigenvalue weighted by Crippen LogP contribution is 2.50. The molecule has 0 atom stereocenters. The predicted octanol–water partition coefficient (Wildman–Crippen LogP) is 3.46. The number of hydrogen-bond acceptors (Lipinski definition) is 4. The third kappa shape index (κ3) is 3.05. The Kier molecular flexibility index (Phi) is 4.06. The van der Waals surface area contributed by atoms with E-state index in [-0.39, 0.29) is 0 Å². The molecule has 6 heteroatoms. The molecule has 2 fully saturated rings. The van der Waals surface area contributed by atoms with Crippen LogP contribution in [0.2, 0.25) is 0 Å². The second kappa shape index (κ2) is 6.01. The summed E-state index contributed by atoms with van der Waals surface area (Å²) >= 11 is 0. The second-order valence-corrected chi connectivity index (χ2v) is 10.6. The van der Waals surface area contributed by atoms with E-state index >= 15 is 0 Å². The highest BCUT2D eigenvalue weighted by Gasteiger charge is 2.46. The Morgan fingerprint density at radius 1 is 1.40 bits per heavy atom. The van der Waals surface area contributed by atoms with Crippen molar-refractivity contribution in [3.8, 4) is 0 Å². The van der Waals surface area contributed by atoms with Gasteiger partial charge in [-0.05, 0) is 77.4 Å².